The topological polar surface area (TPSA) is 59.2 Å². The van der Waals surface area contributed by atoms with Gasteiger partial charge in [-0.25, -0.2) is 0 Å². The lowest BCUT2D eigenvalue weighted by molar-refractivity contribution is -0.132. The van der Waals surface area contributed by atoms with E-state index in [9.17, 15) is 4.79 Å². The number of likely N-dealkylation sites (N-methyl/N-ethyl adjacent to an activating group) is 1. The van der Waals surface area contributed by atoms with Crippen molar-refractivity contribution in [3.63, 3.8) is 0 Å². The van der Waals surface area contributed by atoms with Crippen LogP contribution < -0.4 is 5.73 Å². The van der Waals surface area contributed by atoms with E-state index < -0.39 is 0 Å². The molecule has 0 radical (unpaired) electrons. The van der Waals surface area contributed by atoms with Crippen LogP contribution in [0.3, 0.4) is 0 Å². The molecule has 0 aliphatic carbocycles. The van der Waals surface area contributed by atoms with Crippen LogP contribution in [0.1, 0.15) is 25.3 Å². The molecule has 0 spiro atoms. The molecule has 16 heavy (non-hydrogen) atoms. The SMILES string of the molecule is CCCC(N)C(=O)N(C)Cc1cccnc1. The minimum atomic E-state index is -0.383. The van der Waals surface area contributed by atoms with Gasteiger partial charge in [-0.05, 0) is 18.1 Å². The third-order valence-electron chi connectivity index (χ3n) is 2.44. The molecular weight excluding hydrogens is 202 g/mol. The van der Waals surface area contributed by atoms with Crippen LogP contribution in [-0.4, -0.2) is 28.9 Å². The largest absolute Gasteiger partial charge is 0.340 e. The Balaban J connectivity index is 2.52. The van der Waals surface area contributed by atoms with E-state index in [-0.39, 0.29) is 11.9 Å². The Morgan fingerprint density at radius 1 is 1.62 bits per heavy atom. The van der Waals surface area contributed by atoms with Crippen molar-refractivity contribution in [2.45, 2.75) is 32.4 Å². The molecule has 0 bridgehead atoms. The smallest absolute Gasteiger partial charge is 0.239 e. The summed E-state index contributed by atoms with van der Waals surface area (Å²) in [4.78, 5) is 17.5. The Bertz CT molecular complexity index is 326. The van der Waals surface area contributed by atoms with Gasteiger partial charge < -0.3 is 10.6 Å². The predicted molar refractivity (Wildman–Crippen MR) is 63.6 cm³/mol. The fourth-order valence-corrected chi connectivity index (χ4v) is 1.56. The Morgan fingerprint density at radius 3 is 2.94 bits per heavy atom. The van der Waals surface area contributed by atoms with Crippen molar-refractivity contribution in [2.75, 3.05) is 7.05 Å². The molecule has 0 saturated carbocycles. The van der Waals surface area contributed by atoms with Gasteiger partial charge in [-0.3, -0.25) is 9.78 Å². The number of amides is 1. The zero-order chi connectivity index (χ0) is 12.0. The van der Waals surface area contributed by atoms with E-state index in [1.165, 1.54) is 0 Å². The summed E-state index contributed by atoms with van der Waals surface area (Å²) in [5.41, 5.74) is 6.79. The highest BCUT2D eigenvalue weighted by Crippen LogP contribution is 2.04. The molecule has 0 aliphatic heterocycles. The van der Waals surface area contributed by atoms with E-state index in [4.69, 9.17) is 5.73 Å². The molecular formula is C12H19N3O. The zero-order valence-electron chi connectivity index (χ0n) is 9.89. The van der Waals surface area contributed by atoms with Crippen molar-refractivity contribution in [3.8, 4) is 0 Å². The lowest BCUT2D eigenvalue weighted by atomic mass is 10.1. The van der Waals surface area contributed by atoms with Crippen molar-refractivity contribution in [2.24, 2.45) is 5.73 Å². The molecule has 1 aromatic heterocycles. The monoisotopic (exact) mass is 221 g/mol. The molecule has 0 saturated heterocycles. The number of aromatic nitrogens is 1. The molecule has 4 heteroatoms. The summed E-state index contributed by atoms with van der Waals surface area (Å²) < 4.78 is 0. The van der Waals surface area contributed by atoms with Crippen LogP contribution in [0, 0.1) is 0 Å². The van der Waals surface area contributed by atoms with E-state index in [0.717, 1.165) is 18.4 Å². The molecule has 0 aromatic carbocycles. The Hall–Kier alpha value is -1.42. The maximum absolute atomic E-state index is 11.8. The minimum absolute atomic E-state index is 0.00861. The molecule has 4 nitrogen and oxygen atoms in total. The van der Waals surface area contributed by atoms with Gasteiger partial charge in [0, 0.05) is 26.0 Å². The van der Waals surface area contributed by atoms with Gasteiger partial charge in [-0.15, -0.1) is 0 Å². The highest BCUT2D eigenvalue weighted by Gasteiger charge is 2.16. The summed E-state index contributed by atoms with van der Waals surface area (Å²) in [5.74, 6) is -0.00861. The maximum atomic E-state index is 11.8. The third-order valence-corrected chi connectivity index (χ3v) is 2.44. The molecule has 2 N–H and O–H groups in total. The first-order chi connectivity index (χ1) is 7.65. The van der Waals surface area contributed by atoms with Crippen LogP contribution in [-0.2, 0) is 11.3 Å². The lowest BCUT2D eigenvalue weighted by Crippen LogP contribution is -2.41. The van der Waals surface area contributed by atoms with E-state index in [1.54, 1.807) is 24.3 Å². The number of pyridine rings is 1. The Morgan fingerprint density at radius 2 is 2.38 bits per heavy atom. The fourth-order valence-electron chi connectivity index (χ4n) is 1.56. The summed E-state index contributed by atoms with van der Waals surface area (Å²) in [6.45, 7) is 2.58. The lowest BCUT2D eigenvalue weighted by Gasteiger charge is -2.20. The first kappa shape index (κ1) is 12.6. The van der Waals surface area contributed by atoms with E-state index in [0.29, 0.717) is 6.54 Å². The van der Waals surface area contributed by atoms with E-state index in [1.807, 2.05) is 19.1 Å². The molecule has 1 atom stereocenters. The quantitative estimate of drug-likeness (QED) is 0.812. The van der Waals surface area contributed by atoms with Gasteiger partial charge in [0.15, 0.2) is 0 Å². The second kappa shape index (κ2) is 6.23. The highest BCUT2D eigenvalue weighted by molar-refractivity contribution is 5.81. The standard InChI is InChI=1S/C12H19N3O/c1-3-5-11(13)12(16)15(2)9-10-6-4-7-14-8-10/h4,6-8,11H,3,5,9,13H2,1-2H3. The van der Waals surface area contributed by atoms with Crippen LogP contribution in [0.4, 0.5) is 0 Å². The minimum Gasteiger partial charge on any atom is -0.340 e. The molecule has 88 valence electrons. The van der Waals surface area contributed by atoms with Gasteiger partial charge in [0.25, 0.3) is 0 Å². The number of hydrogen-bond acceptors (Lipinski definition) is 3. The van der Waals surface area contributed by atoms with Crippen LogP contribution >= 0.6 is 0 Å². The average molecular weight is 221 g/mol. The summed E-state index contributed by atoms with van der Waals surface area (Å²) in [6.07, 6.45) is 5.13. The number of hydrogen-bond donors (Lipinski definition) is 1. The van der Waals surface area contributed by atoms with E-state index >= 15 is 0 Å². The van der Waals surface area contributed by atoms with Crippen LogP contribution in [0.25, 0.3) is 0 Å². The van der Waals surface area contributed by atoms with Gasteiger partial charge >= 0.3 is 0 Å². The highest BCUT2D eigenvalue weighted by atomic mass is 16.2. The fraction of sp³-hybridized carbons (Fsp3) is 0.500. The van der Waals surface area contributed by atoms with Gasteiger partial charge in [0.05, 0.1) is 6.04 Å². The molecule has 0 fully saturated rings. The zero-order valence-corrected chi connectivity index (χ0v) is 9.89. The predicted octanol–water partition coefficient (Wildman–Crippen LogP) is 1.17. The average Bonchev–Trinajstić information content (AvgIpc) is 2.29. The second-order valence-electron chi connectivity index (χ2n) is 3.95. The van der Waals surface area contributed by atoms with Crippen molar-refractivity contribution < 1.29 is 4.79 Å². The van der Waals surface area contributed by atoms with Crippen molar-refractivity contribution in [1.29, 1.82) is 0 Å². The van der Waals surface area contributed by atoms with Crippen molar-refractivity contribution >= 4 is 5.91 Å². The van der Waals surface area contributed by atoms with Crippen molar-refractivity contribution in [3.05, 3.63) is 30.1 Å². The van der Waals surface area contributed by atoms with Gasteiger partial charge in [-0.1, -0.05) is 19.4 Å². The number of nitrogens with zero attached hydrogens (tertiary/aromatic N) is 2. The first-order valence-corrected chi connectivity index (χ1v) is 5.54. The van der Waals surface area contributed by atoms with Gasteiger partial charge in [0.2, 0.25) is 5.91 Å². The van der Waals surface area contributed by atoms with Gasteiger partial charge in [-0.2, -0.15) is 0 Å². The van der Waals surface area contributed by atoms with Crippen LogP contribution in [0.15, 0.2) is 24.5 Å². The third kappa shape index (κ3) is 3.62. The van der Waals surface area contributed by atoms with Gasteiger partial charge in [0.1, 0.15) is 0 Å². The molecule has 1 amide bonds. The molecule has 1 heterocycles. The Kier molecular flexibility index (Phi) is 4.92. The van der Waals surface area contributed by atoms with Crippen LogP contribution in [0.5, 0.6) is 0 Å². The summed E-state index contributed by atoms with van der Waals surface area (Å²) in [7, 11) is 1.77. The molecule has 1 rings (SSSR count). The molecule has 1 unspecified atom stereocenters. The van der Waals surface area contributed by atoms with E-state index in [2.05, 4.69) is 4.98 Å². The maximum Gasteiger partial charge on any atom is 0.239 e. The second-order valence-corrected chi connectivity index (χ2v) is 3.95. The normalized spacial score (nSPS) is 12.2. The van der Waals surface area contributed by atoms with Crippen molar-refractivity contribution in [1.82, 2.24) is 9.88 Å². The summed E-state index contributed by atoms with van der Waals surface area (Å²) in [5, 5.41) is 0. The van der Waals surface area contributed by atoms with Crippen LogP contribution in [0.2, 0.25) is 0 Å². The number of carbonyl (C=O) groups excluding carboxylic acids is 1. The first-order valence-electron chi connectivity index (χ1n) is 5.54. The summed E-state index contributed by atoms with van der Waals surface area (Å²) >= 11 is 0. The number of carbonyl (C=O) groups is 1. The Labute approximate surface area is 96.5 Å². The number of rotatable bonds is 5. The molecule has 0 aliphatic rings. The molecule has 1 aromatic rings. The number of nitrogens with two attached hydrogens (primary N) is 1. The summed E-state index contributed by atoms with van der Waals surface area (Å²) in [6, 6.07) is 3.42.